The molecule has 1 N–H and O–H groups in total. The highest BCUT2D eigenvalue weighted by Crippen LogP contribution is 2.52. The molecule has 1 fully saturated rings. The van der Waals surface area contributed by atoms with Crippen LogP contribution in [0.3, 0.4) is 0 Å². The lowest BCUT2D eigenvalue weighted by Crippen LogP contribution is -2.36. The molecule has 1 aliphatic rings. The largest absolute Gasteiger partial charge is 0.480 e. The molecule has 4 nitrogen and oxygen atoms in total. The normalized spacial score (nSPS) is 19.2. The maximum absolute atomic E-state index is 5.42. The first-order valence-corrected chi connectivity index (χ1v) is 7.65. The van der Waals surface area contributed by atoms with E-state index in [4.69, 9.17) is 4.74 Å². The minimum absolute atomic E-state index is 0.219. The van der Waals surface area contributed by atoms with Crippen LogP contribution in [0.1, 0.15) is 57.7 Å². The molecule has 0 radical (unpaired) electrons. The molecule has 1 aromatic heterocycles. The zero-order valence-corrected chi connectivity index (χ0v) is 13.1. The van der Waals surface area contributed by atoms with Crippen LogP contribution in [0.15, 0.2) is 12.4 Å². The summed E-state index contributed by atoms with van der Waals surface area (Å²) in [6, 6.07) is 0.219. The third kappa shape index (κ3) is 2.95. The van der Waals surface area contributed by atoms with Gasteiger partial charge in [-0.25, -0.2) is 4.98 Å². The molecule has 0 aliphatic heterocycles. The summed E-state index contributed by atoms with van der Waals surface area (Å²) in [6.45, 7) is 4.61. The van der Waals surface area contributed by atoms with Crippen molar-refractivity contribution < 1.29 is 4.74 Å². The quantitative estimate of drug-likeness (QED) is 0.866. The van der Waals surface area contributed by atoms with Crippen molar-refractivity contribution in [3.05, 3.63) is 18.1 Å². The first kappa shape index (κ1) is 15.2. The van der Waals surface area contributed by atoms with Gasteiger partial charge in [0.05, 0.1) is 13.2 Å². The number of nitrogens with one attached hydrogen (secondary N) is 1. The molecule has 112 valence electrons. The Morgan fingerprint density at radius 2 is 1.90 bits per heavy atom. The lowest BCUT2D eigenvalue weighted by molar-refractivity contribution is 0.155. The number of ether oxygens (including phenoxy) is 1. The van der Waals surface area contributed by atoms with Gasteiger partial charge >= 0.3 is 0 Å². The molecule has 1 aromatic rings. The van der Waals surface area contributed by atoms with Crippen molar-refractivity contribution in [3.63, 3.8) is 0 Å². The fourth-order valence-corrected chi connectivity index (χ4v) is 3.93. The van der Waals surface area contributed by atoms with Crippen molar-refractivity contribution in [2.75, 3.05) is 14.2 Å². The van der Waals surface area contributed by atoms with Gasteiger partial charge < -0.3 is 10.1 Å². The van der Waals surface area contributed by atoms with E-state index >= 15 is 0 Å². The number of hydrogen-bond donors (Lipinski definition) is 1. The van der Waals surface area contributed by atoms with Gasteiger partial charge in [-0.05, 0) is 37.6 Å². The number of rotatable bonds is 6. The third-order valence-electron chi connectivity index (χ3n) is 4.47. The first-order valence-electron chi connectivity index (χ1n) is 7.65. The lowest BCUT2D eigenvalue weighted by Gasteiger charge is -2.38. The summed E-state index contributed by atoms with van der Waals surface area (Å²) in [5, 5.41) is 3.50. The van der Waals surface area contributed by atoms with E-state index in [1.54, 1.807) is 19.5 Å². The zero-order chi connectivity index (χ0) is 14.6. The Hall–Kier alpha value is -1.16. The summed E-state index contributed by atoms with van der Waals surface area (Å²) < 4.78 is 5.42. The third-order valence-corrected chi connectivity index (χ3v) is 4.47. The number of nitrogens with zero attached hydrogens (tertiary/aromatic N) is 2. The summed E-state index contributed by atoms with van der Waals surface area (Å²) in [7, 11) is 3.70. The minimum Gasteiger partial charge on any atom is -0.480 e. The topological polar surface area (TPSA) is 47.0 Å². The zero-order valence-electron chi connectivity index (χ0n) is 13.1. The Morgan fingerprint density at radius 3 is 2.45 bits per heavy atom. The maximum Gasteiger partial charge on any atom is 0.237 e. The summed E-state index contributed by atoms with van der Waals surface area (Å²) in [5.41, 5.74) is 1.24. The monoisotopic (exact) mass is 277 g/mol. The van der Waals surface area contributed by atoms with E-state index in [2.05, 4.69) is 29.1 Å². The molecule has 1 atom stereocenters. The van der Waals surface area contributed by atoms with Gasteiger partial charge in [0.15, 0.2) is 0 Å². The fourth-order valence-electron chi connectivity index (χ4n) is 3.93. The maximum atomic E-state index is 5.42. The number of aromatic nitrogens is 2. The lowest BCUT2D eigenvalue weighted by atomic mass is 9.71. The van der Waals surface area contributed by atoms with Gasteiger partial charge in [-0.3, -0.25) is 4.98 Å². The van der Waals surface area contributed by atoms with Gasteiger partial charge in [-0.15, -0.1) is 0 Å². The van der Waals surface area contributed by atoms with Crippen LogP contribution in [-0.2, 0) is 0 Å². The van der Waals surface area contributed by atoms with E-state index in [-0.39, 0.29) is 11.5 Å². The number of hydrogen-bond acceptors (Lipinski definition) is 4. The van der Waals surface area contributed by atoms with Crippen molar-refractivity contribution >= 4 is 0 Å². The molecule has 0 saturated heterocycles. The first-order chi connectivity index (χ1) is 9.63. The summed E-state index contributed by atoms with van der Waals surface area (Å²) in [4.78, 5) is 8.89. The molecule has 4 heteroatoms. The Bertz CT molecular complexity index is 427. The van der Waals surface area contributed by atoms with Crippen LogP contribution in [0.25, 0.3) is 0 Å². The summed E-state index contributed by atoms with van der Waals surface area (Å²) >= 11 is 0. The molecule has 1 aliphatic carbocycles. The molecular weight excluding hydrogens is 250 g/mol. The molecular formula is C16H27N3O. The minimum atomic E-state index is 0.219. The van der Waals surface area contributed by atoms with E-state index in [1.807, 2.05) is 7.05 Å². The second-order valence-corrected chi connectivity index (χ2v) is 6.34. The predicted molar refractivity (Wildman–Crippen MR) is 80.7 cm³/mol. The van der Waals surface area contributed by atoms with Gasteiger partial charge in [0, 0.05) is 12.4 Å². The van der Waals surface area contributed by atoms with Gasteiger partial charge in [-0.2, -0.15) is 0 Å². The van der Waals surface area contributed by atoms with Crippen LogP contribution in [-0.4, -0.2) is 24.1 Å². The Balaban J connectivity index is 2.38. The number of methoxy groups -OCH3 is 1. The highest BCUT2D eigenvalue weighted by molar-refractivity contribution is 5.24. The Morgan fingerprint density at radius 1 is 1.25 bits per heavy atom. The summed E-state index contributed by atoms with van der Waals surface area (Å²) in [5.74, 6) is 1.34. The second kappa shape index (κ2) is 6.53. The van der Waals surface area contributed by atoms with E-state index in [9.17, 15) is 0 Å². The average Bonchev–Trinajstić information content (AvgIpc) is 2.88. The molecule has 0 spiro atoms. The molecule has 0 bridgehead atoms. The van der Waals surface area contributed by atoms with E-state index < -0.39 is 0 Å². The molecule has 0 amide bonds. The van der Waals surface area contributed by atoms with Crippen molar-refractivity contribution in [1.82, 2.24) is 15.3 Å². The van der Waals surface area contributed by atoms with Crippen LogP contribution in [0, 0.1) is 11.3 Å². The van der Waals surface area contributed by atoms with Gasteiger partial charge in [-0.1, -0.05) is 26.7 Å². The molecule has 20 heavy (non-hydrogen) atoms. The van der Waals surface area contributed by atoms with Crippen molar-refractivity contribution in [1.29, 1.82) is 0 Å². The van der Waals surface area contributed by atoms with Gasteiger partial charge in [0.1, 0.15) is 5.69 Å². The average molecular weight is 277 g/mol. The van der Waals surface area contributed by atoms with Crippen LogP contribution < -0.4 is 10.1 Å². The van der Waals surface area contributed by atoms with Crippen LogP contribution >= 0.6 is 0 Å². The summed E-state index contributed by atoms with van der Waals surface area (Å²) in [6.07, 6.45) is 9.82. The van der Waals surface area contributed by atoms with Crippen molar-refractivity contribution in [2.24, 2.45) is 11.3 Å². The van der Waals surface area contributed by atoms with Crippen LogP contribution in [0.4, 0.5) is 0 Å². The molecule has 2 rings (SSSR count). The highest BCUT2D eigenvalue weighted by atomic mass is 16.5. The van der Waals surface area contributed by atoms with Crippen molar-refractivity contribution in [3.8, 4) is 5.88 Å². The molecule has 1 unspecified atom stereocenters. The molecule has 1 saturated carbocycles. The van der Waals surface area contributed by atoms with Crippen LogP contribution in [0.5, 0.6) is 5.88 Å². The smallest absolute Gasteiger partial charge is 0.237 e. The fraction of sp³-hybridized carbons (Fsp3) is 0.750. The Labute approximate surface area is 122 Å². The Kier molecular flexibility index (Phi) is 4.97. The second-order valence-electron chi connectivity index (χ2n) is 6.34. The predicted octanol–water partition coefficient (Wildman–Crippen LogP) is 3.35. The molecule has 0 aromatic carbocycles. The van der Waals surface area contributed by atoms with E-state index in [0.717, 1.165) is 5.69 Å². The standard InChI is InChI=1S/C16H27N3O/c1-12(2)11-16(7-5-6-8-16)14(17-3)13-15(20-4)19-10-9-18-13/h9-10,12,14,17H,5-8,11H2,1-4H3. The van der Waals surface area contributed by atoms with Gasteiger partial charge in [0.2, 0.25) is 5.88 Å². The van der Waals surface area contributed by atoms with E-state index in [1.165, 1.54) is 32.1 Å². The highest BCUT2D eigenvalue weighted by Gasteiger charge is 2.43. The van der Waals surface area contributed by atoms with Gasteiger partial charge in [0.25, 0.3) is 0 Å². The van der Waals surface area contributed by atoms with Crippen molar-refractivity contribution in [2.45, 2.75) is 52.0 Å². The SMILES string of the molecule is CNC(c1nccnc1OC)C1(CC(C)C)CCCC1. The van der Waals surface area contributed by atoms with E-state index in [0.29, 0.717) is 11.8 Å². The van der Waals surface area contributed by atoms with Crippen LogP contribution in [0.2, 0.25) is 0 Å². The molecule has 1 heterocycles.